The summed E-state index contributed by atoms with van der Waals surface area (Å²) < 4.78 is 5.61. The van der Waals surface area contributed by atoms with Gasteiger partial charge in [0.1, 0.15) is 0 Å². The fraction of sp³-hybridized carbons (Fsp3) is 0.565. The maximum atomic E-state index is 12.5. The standard InChI is InChI=1S/C23H31N3O2/c27-23(24-16-18-7-3-1-4-8-18)20-11-13-26(14-12-20)17-21-15-22(25-28-21)19-9-5-2-6-10-19/h1,3-4,7-8,15,19-20H,2,5-6,9-14,16-17H2,(H,24,27). The summed E-state index contributed by atoms with van der Waals surface area (Å²) in [6.07, 6.45) is 8.29. The van der Waals surface area contributed by atoms with Gasteiger partial charge in [-0.15, -0.1) is 0 Å². The average molecular weight is 382 g/mol. The second-order valence-electron chi connectivity index (χ2n) is 8.31. The van der Waals surface area contributed by atoms with Crippen LogP contribution in [0.25, 0.3) is 0 Å². The summed E-state index contributed by atoms with van der Waals surface area (Å²) in [6.45, 7) is 3.28. The van der Waals surface area contributed by atoms with Crippen LogP contribution in [-0.2, 0) is 17.9 Å². The summed E-state index contributed by atoms with van der Waals surface area (Å²) in [5.74, 6) is 1.85. The van der Waals surface area contributed by atoms with E-state index >= 15 is 0 Å². The third-order valence-electron chi connectivity index (χ3n) is 6.25. The van der Waals surface area contributed by atoms with Gasteiger partial charge in [-0.2, -0.15) is 0 Å². The van der Waals surface area contributed by atoms with Crippen molar-refractivity contribution in [2.24, 2.45) is 5.92 Å². The van der Waals surface area contributed by atoms with Crippen LogP contribution in [0.5, 0.6) is 0 Å². The van der Waals surface area contributed by atoms with E-state index in [4.69, 9.17) is 4.52 Å². The smallest absolute Gasteiger partial charge is 0.223 e. The minimum absolute atomic E-state index is 0.118. The van der Waals surface area contributed by atoms with Crippen LogP contribution in [0.1, 0.15) is 67.9 Å². The summed E-state index contributed by atoms with van der Waals surface area (Å²) in [7, 11) is 0. The monoisotopic (exact) mass is 381 g/mol. The van der Waals surface area contributed by atoms with E-state index in [9.17, 15) is 4.79 Å². The number of hydrogen-bond donors (Lipinski definition) is 1. The zero-order valence-corrected chi connectivity index (χ0v) is 16.6. The van der Waals surface area contributed by atoms with Crippen molar-refractivity contribution < 1.29 is 9.32 Å². The van der Waals surface area contributed by atoms with Crippen molar-refractivity contribution in [3.8, 4) is 0 Å². The molecule has 1 saturated heterocycles. The molecule has 1 N–H and O–H groups in total. The molecular weight excluding hydrogens is 350 g/mol. The normalized spacial score (nSPS) is 19.6. The molecule has 150 valence electrons. The lowest BCUT2D eigenvalue weighted by Gasteiger charge is -2.30. The molecule has 1 aliphatic heterocycles. The molecular formula is C23H31N3O2. The highest BCUT2D eigenvalue weighted by molar-refractivity contribution is 5.78. The van der Waals surface area contributed by atoms with E-state index in [0.29, 0.717) is 12.5 Å². The number of benzene rings is 1. The highest BCUT2D eigenvalue weighted by atomic mass is 16.5. The predicted molar refractivity (Wildman–Crippen MR) is 109 cm³/mol. The zero-order chi connectivity index (χ0) is 19.2. The van der Waals surface area contributed by atoms with Gasteiger partial charge >= 0.3 is 0 Å². The number of carbonyl (C=O) groups excluding carboxylic acids is 1. The van der Waals surface area contributed by atoms with Crippen molar-refractivity contribution in [3.05, 3.63) is 53.4 Å². The van der Waals surface area contributed by atoms with E-state index in [1.54, 1.807) is 0 Å². The number of nitrogens with zero attached hydrogens (tertiary/aromatic N) is 2. The lowest BCUT2D eigenvalue weighted by Crippen LogP contribution is -2.40. The van der Waals surface area contributed by atoms with Gasteiger partial charge in [0.2, 0.25) is 5.91 Å². The quantitative estimate of drug-likeness (QED) is 0.813. The third-order valence-corrected chi connectivity index (χ3v) is 6.25. The van der Waals surface area contributed by atoms with Crippen molar-refractivity contribution in [1.82, 2.24) is 15.4 Å². The van der Waals surface area contributed by atoms with Gasteiger partial charge in [0.05, 0.1) is 12.2 Å². The number of nitrogens with one attached hydrogen (secondary N) is 1. The van der Waals surface area contributed by atoms with Crippen LogP contribution in [0.4, 0.5) is 0 Å². The Kier molecular flexibility index (Phi) is 6.42. The van der Waals surface area contributed by atoms with Crippen LogP contribution >= 0.6 is 0 Å². The van der Waals surface area contributed by atoms with Crippen molar-refractivity contribution >= 4 is 5.91 Å². The maximum Gasteiger partial charge on any atom is 0.223 e. The third kappa shape index (κ3) is 5.02. The predicted octanol–water partition coefficient (Wildman–Crippen LogP) is 4.25. The lowest BCUT2D eigenvalue weighted by molar-refractivity contribution is -0.126. The van der Waals surface area contributed by atoms with Crippen LogP contribution in [-0.4, -0.2) is 29.1 Å². The Balaban J connectivity index is 1.21. The van der Waals surface area contributed by atoms with Gasteiger partial charge in [-0.3, -0.25) is 9.69 Å². The van der Waals surface area contributed by atoms with Gasteiger partial charge in [-0.25, -0.2) is 0 Å². The Hall–Kier alpha value is -2.14. The highest BCUT2D eigenvalue weighted by Gasteiger charge is 2.26. The number of piperidine rings is 1. The van der Waals surface area contributed by atoms with Crippen molar-refractivity contribution in [1.29, 1.82) is 0 Å². The number of carbonyl (C=O) groups is 1. The number of likely N-dealkylation sites (tertiary alicyclic amines) is 1. The first-order valence-electron chi connectivity index (χ1n) is 10.8. The first-order chi connectivity index (χ1) is 13.8. The van der Waals surface area contributed by atoms with E-state index < -0.39 is 0 Å². The van der Waals surface area contributed by atoms with E-state index in [0.717, 1.165) is 49.5 Å². The Morgan fingerprint density at radius 3 is 2.57 bits per heavy atom. The van der Waals surface area contributed by atoms with Crippen molar-refractivity contribution in [2.75, 3.05) is 13.1 Å². The summed E-state index contributed by atoms with van der Waals surface area (Å²) in [5.41, 5.74) is 2.29. The Morgan fingerprint density at radius 1 is 1.07 bits per heavy atom. The molecule has 4 rings (SSSR count). The lowest BCUT2D eigenvalue weighted by atomic mass is 9.87. The van der Waals surface area contributed by atoms with E-state index in [1.807, 2.05) is 30.3 Å². The number of rotatable bonds is 6. The van der Waals surface area contributed by atoms with Crippen LogP contribution in [0.2, 0.25) is 0 Å². The zero-order valence-electron chi connectivity index (χ0n) is 16.6. The number of aromatic nitrogens is 1. The molecule has 0 bridgehead atoms. The molecule has 0 radical (unpaired) electrons. The SMILES string of the molecule is O=C(NCc1ccccc1)C1CCN(Cc2cc(C3CCCCC3)no2)CC1. The van der Waals surface area contributed by atoms with Gasteiger partial charge in [0, 0.05) is 24.4 Å². The summed E-state index contributed by atoms with van der Waals surface area (Å²) in [5, 5.41) is 7.42. The minimum Gasteiger partial charge on any atom is -0.360 e. The molecule has 5 nitrogen and oxygen atoms in total. The second kappa shape index (κ2) is 9.37. The van der Waals surface area contributed by atoms with Crippen LogP contribution in [0.15, 0.2) is 40.9 Å². The highest BCUT2D eigenvalue weighted by Crippen LogP contribution is 2.32. The molecule has 28 heavy (non-hydrogen) atoms. The van der Waals surface area contributed by atoms with Crippen molar-refractivity contribution in [2.45, 2.75) is 64.0 Å². The van der Waals surface area contributed by atoms with Gasteiger partial charge in [0.15, 0.2) is 5.76 Å². The number of hydrogen-bond acceptors (Lipinski definition) is 4. The Bertz CT molecular complexity index is 744. The molecule has 0 unspecified atom stereocenters. The summed E-state index contributed by atoms with van der Waals surface area (Å²) in [6, 6.07) is 12.2. The molecule has 2 aromatic rings. The van der Waals surface area contributed by atoms with Crippen molar-refractivity contribution in [3.63, 3.8) is 0 Å². The molecule has 1 amide bonds. The van der Waals surface area contributed by atoms with Crippen LogP contribution in [0.3, 0.4) is 0 Å². The first kappa shape index (κ1) is 19.2. The molecule has 1 aromatic heterocycles. The number of amides is 1. The van der Waals surface area contributed by atoms with E-state index in [2.05, 4.69) is 21.4 Å². The average Bonchev–Trinajstić information content (AvgIpc) is 3.22. The molecule has 1 aliphatic carbocycles. The Labute approximate surface area is 167 Å². The summed E-state index contributed by atoms with van der Waals surface area (Å²) in [4.78, 5) is 14.8. The molecule has 5 heteroatoms. The van der Waals surface area contributed by atoms with Crippen LogP contribution < -0.4 is 5.32 Å². The molecule has 1 saturated carbocycles. The summed E-state index contributed by atoms with van der Waals surface area (Å²) >= 11 is 0. The van der Waals surface area contributed by atoms with Gasteiger partial charge in [-0.05, 0) is 44.3 Å². The molecule has 2 aliphatic rings. The molecule has 0 atom stereocenters. The molecule has 1 aromatic carbocycles. The molecule has 2 fully saturated rings. The fourth-order valence-corrected chi connectivity index (χ4v) is 4.50. The Morgan fingerprint density at radius 2 is 1.82 bits per heavy atom. The van der Waals surface area contributed by atoms with Crippen LogP contribution in [0, 0.1) is 5.92 Å². The largest absolute Gasteiger partial charge is 0.360 e. The van der Waals surface area contributed by atoms with Gasteiger partial charge < -0.3 is 9.84 Å². The maximum absolute atomic E-state index is 12.5. The van der Waals surface area contributed by atoms with Gasteiger partial charge in [-0.1, -0.05) is 54.8 Å². The fourth-order valence-electron chi connectivity index (χ4n) is 4.50. The second-order valence-corrected chi connectivity index (χ2v) is 8.31. The molecule has 0 spiro atoms. The molecule has 2 heterocycles. The first-order valence-corrected chi connectivity index (χ1v) is 10.8. The minimum atomic E-state index is 0.118. The van der Waals surface area contributed by atoms with Gasteiger partial charge in [0.25, 0.3) is 0 Å². The van der Waals surface area contributed by atoms with E-state index in [1.165, 1.54) is 32.1 Å². The van der Waals surface area contributed by atoms with E-state index in [-0.39, 0.29) is 11.8 Å². The topological polar surface area (TPSA) is 58.4 Å².